The maximum Gasteiger partial charge on any atom is 0.255 e. The number of carbonyl (C=O) groups is 3. The van der Waals surface area contributed by atoms with Crippen molar-refractivity contribution < 1.29 is 39.2 Å². The topological polar surface area (TPSA) is 173 Å². The van der Waals surface area contributed by atoms with Crippen LogP contribution in [0.15, 0.2) is 34.8 Å². The molecule has 5 atom stereocenters. The number of hydrogen-bond donors (Lipinski definition) is 6. The van der Waals surface area contributed by atoms with Crippen LogP contribution in [0.1, 0.15) is 34.8 Å². The van der Waals surface area contributed by atoms with E-state index in [9.17, 15) is 39.2 Å². The van der Waals surface area contributed by atoms with Gasteiger partial charge in [-0.1, -0.05) is 6.07 Å². The van der Waals surface area contributed by atoms with Crippen molar-refractivity contribution in [3.05, 3.63) is 51.5 Å². The Morgan fingerprint density at radius 3 is 2.53 bits per heavy atom. The monoisotopic (exact) mass is 503 g/mol. The Bertz CT molecular complexity index is 1220. The number of primary amides is 1. The number of nitrogens with zero attached hydrogens (tertiary/aromatic N) is 1. The van der Waals surface area contributed by atoms with Gasteiger partial charge >= 0.3 is 0 Å². The zero-order chi connectivity index (χ0) is 26.7. The van der Waals surface area contributed by atoms with E-state index in [0.29, 0.717) is 11.1 Å². The number of rotatable bonds is 6. The number of likely N-dealkylation sites (N-methyl/N-ethyl adjacent to an activating group) is 1. The minimum atomic E-state index is -2.67. The standard InChI is InChI=1S/C25H30FN3O7/c1-10(8-26)28-9-11-4-5-15(30)17-13(11)6-12-7-14-19(29(2)3)21(32)18(24(27)35)23(34)25(14,36)22(33)16(12)20(17)31/h4-5,10,12,14,19,28,30,32-33,36H,6-9H2,1-3H3,(H2,27,35). The van der Waals surface area contributed by atoms with Gasteiger partial charge in [0.15, 0.2) is 11.4 Å². The molecule has 3 aliphatic carbocycles. The zero-order valence-electron chi connectivity index (χ0n) is 20.2. The highest BCUT2D eigenvalue weighted by atomic mass is 19.1. The number of nitrogens with one attached hydrogen (secondary N) is 1. The average Bonchev–Trinajstić information content (AvgIpc) is 2.80. The quantitative estimate of drug-likeness (QED) is 0.303. The predicted molar refractivity (Wildman–Crippen MR) is 126 cm³/mol. The lowest BCUT2D eigenvalue weighted by Gasteiger charge is -2.50. The van der Waals surface area contributed by atoms with Crippen LogP contribution < -0.4 is 11.1 Å². The Kier molecular flexibility index (Phi) is 6.44. The molecular weight excluding hydrogens is 473 g/mol. The molecule has 0 fully saturated rings. The lowest BCUT2D eigenvalue weighted by molar-refractivity contribution is -0.148. The molecule has 3 aliphatic rings. The third kappa shape index (κ3) is 3.61. The number of aromatic hydroxyl groups is 1. The van der Waals surface area contributed by atoms with Crippen LogP contribution in [0.25, 0.3) is 0 Å². The number of phenols is 1. The minimum absolute atomic E-state index is 0.00910. The number of carbonyl (C=O) groups excluding carboxylic acids is 3. The zero-order valence-corrected chi connectivity index (χ0v) is 20.2. The molecular formula is C25H30FN3O7. The fourth-order valence-corrected chi connectivity index (χ4v) is 5.82. The SMILES string of the molecule is CC(CF)NCc1ccc(O)c2c1CC1CC3C(N(C)C)C(O)=C(C(N)=O)C(=O)C3(O)C(O)=C1C2=O. The van der Waals surface area contributed by atoms with Gasteiger partial charge in [-0.25, -0.2) is 4.39 Å². The number of phenolic OH excluding ortho intramolecular Hbond substituents is 1. The van der Waals surface area contributed by atoms with Crippen LogP contribution in [0.3, 0.4) is 0 Å². The van der Waals surface area contributed by atoms with Gasteiger partial charge in [0.25, 0.3) is 5.91 Å². The molecule has 10 nitrogen and oxygen atoms in total. The molecule has 0 bridgehead atoms. The van der Waals surface area contributed by atoms with Crippen molar-refractivity contribution in [1.29, 1.82) is 0 Å². The van der Waals surface area contributed by atoms with Crippen LogP contribution in [0, 0.1) is 11.8 Å². The molecule has 1 amide bonds. The van der Waals surface area contributed by atoms with E-state index in [2.05, 4.69) is 5.32 Å². The molecule has 7 N–H and O–H groups in total. The van der Waals surface area contributed by atoms with Crippen molar-refractivity contribution in [2.75, 3.05) is 20.8 Å². The summed E-state index contributed by atoms with van der Waals surface area (Å²) in [4.78, 5) is 40.4. The number of aliphatic hydroxyl groups excluding tert-OH is 2. The highest BCUT2D eigenvalue weighted by molar-refractivity contribution is 6.24. The highest BCUT2D eigenvalue weighted by Crippen LogP contribution is 2.52. The summed E-state index contributed by atoms with van der Waals surface area (Å²) in [5.41, 5.74) is 2.71. The Morgan fingerprint density at radius 1 is 1.28 bits per heavy atom. The molecule has 0 saturated heterocycles. The van der Waals surface area contributed by atoms with E-state index in [-0.39, 0.29) is 36.3 Å². The average molecular weight is 504 g/mol. The summed E-state index contributed by atoms with van der Waals surface area (Å²) in [5, 5.41) is 47.2. The van der Waals surface area contributed by atoms with Gasteiger partial charge in [-0.3, -0.25) is 19.3 Å². The molecule has 194 valence electrons. The summed E-state index contributed by atoms with van der Waals surface area (Å²) in [6.45, 7) is 1.31. The van der Waals surface area contributed by atoms with Crippen molar-refractivity contribution in [3.63, 3.8) is 0 Å². The van der Waals surface area contributed by atoms with E-state index < -0.39 is 70.8 Å². The maximum atomic E-state index is 13.6. The summed E-state index contributed by atoms with van der Waals surface area (Å²) in [6, 6.07) is 1.48. The second kappa shape index (κ2) is 8.99. The second-order valence-electron chi connectivity index (χ2n) is 10.00. The van der Waals surface area contributed by atoms with Crippen LogP contribution in [0.2, 0.25) is 0 Å². The number of allylic oxidation sites excluding steroid dienone is 1. The van der Waals surface area contributed by atoms with Crippen LogP contribution in [0.4, 0.5) is 4.39 Å². The number of amides is 1. The largest absolute Gasteiger partial charge is 0.510 e. The molecule has 0 spiro atoms. The van der Waals surface area contributed by atoms with E-state index >= 15 is 0 Å². The number of Topliss-reactive ketones (excluding diaryl/α,β-unsaturated/α-hetero) is 2. The Hall–Kier alpha value is -3.28. The summed E-state index contributed by atoms with van der Waals surface area (Å²) < 4.78 is 13.0. The highest BCUT2D eigenvalue weighted by Gasteiger charge is 2.63. The van der Waals surface area contributed by atoms with Gasteiger partial charge in [-0.05, 0) is 57.0 Å². The first-order valence-corrected chi connectivity index (χ1v) is 11.6. The van der Waals surface area contributed by atoms with Crippen molar-refractivity contribution in [3.8, 4) is 5.75 Å². The number of hydrogen-bond acceptors (Lipinski definition) is 9. The van der Waals surface area contributed by atoms with Crippen molar-refractivity contribution in [1.82, 2.24) is 10.2 Å². The van der Waals surface area contributed by atoms with Crippen molar-refractivity contribution in [2.24, 2.45) is 17.6 Å². The van der Waals surface area contributed by atoms with Crippen LogP contribution >= 0.6 is 0 Å². The lowest BCUT2D eigenvalue weighted by Crippen LogP contribution is -2.63. The lowest BCUT2D eigenvalue weighted by atomic mass is 9.58. The number of halogens is 1. The van der Waals surface area contributed by atoms with E-state index in [1.807, 2.05) is 0 Å². The van der Waals surface area contributed by atoms with Gasteiger partial charge in [0, 0.05) is 24.1 Å². The van der Waals surface area contributed by atoms with Gasteiger partial charge in [0.1, 0.15) is 29.5 Å². The van der Waals surface area contributed by atoms with E-state index in [1.165, 1.54) is 11.0 Å². The molecule has 11 heteroatoms. The first kappa shape index (κ1) is 25.8. The number of nitrogens with two attached hydrogens (primary N) is 1. The van der Waals surface area contributed by atoms with Crippen LogP contribution in [0.5, 0.6) is 5.75 Å². The minimum Gasteiger partial charge on any atom is -0.510 e. The van der Waals surface area contributed by atoms with E-state index in [4.69, 9.17) is 5.73 Å². The van der Waals surface area contributed by atoms with Crippen molar-refractivity contribution >= 4 is 17.5 Å². The van der Waals surface area contributed by atoms with Crippen LogP contribution in [-0.4, -0.2) is 81.3 Å². The van der Waals surface area contributed by atoms with E-state index in [0.717, 1.165) is 0 Å². The molecule has 0 aliphatic heterocycles. The molecule has 5 unspecified atom stereocenters. The van der Waals surface area contributed by atoms with Gasteiger partial charge in [-0.15, -0.1) is 0 Å². The number of ketones is 2. The third-order valence-corrected chi connectivity index (χ3v) is 7.58. The Balaban J connectivity index is 1.88. The number of alkyl halides is 1. The van der Waals surface area contributed by atoms with Gasteiger partial charge in [0.2, 0.25) is 5.78 Å². The van der Waals surface area contributed by atoms with Crippen LogP contribution in [-0.2, 0) is 22.6 Å². The summed E-state index contributed by atoms with van der Waals surface area (Å²) >= 11 is 0. The molecule has 0 aromatic heterocycles. The smallest absolute Gasteiger partial charge is 0.255 e. The van der Waals surface area contributed by atoms with Gasteiger partial charge < -0.3 is 31.5 Å². The summed E-state index contributed by atoms with van der Waals surface area (Å²) in [6.07, 6.45) is 0.194. The summed E-state index contributed by atoms with van der Waals surface area (Å²) in [5.74, 6) is -6.90. The maximum absolute atomic E-state index is 13.6. The molecule has 1 aromatic rings. The fourth-order valence-electron chi connectivity index (χ4n) is 5.82. The second-order valence-corrected chi connectivity index (χ2v) is 10.00. The van der Waals surface area contributed by atoms with Crippen molar-refractivity contribution in [2.45, 2.75) is 44.0 Å². The Morgan fingerprint density at radius 2 is 1.94 bits per heavy atom. The normalized spacial score (nSPS) is 28.7. The third-order valence-electron chi connectivity index (χ3n) is 7.58. The first-order chi connectivity index (χ1) is 16.9. The molecule has 0 heterocycles. The number of benzene rings is 1. The molecule has 0 saturated carbocycles. The molecule has 1 aromatic carbocycles. The molecule has 4 rings (SSSR count). The van der Waals surface area contributed by atoms with E-state index in [1.54, 1.807) is 27.1 Å². The van der Waals surface area contributed by atoms with Gasteiger partial charge in [0.05, 0.1) is 11.6 Å². The number of aliphatic hydroxyl groups is 3. The number of fused-ring (bicyclic) bond motifs is 3. The molecule has 36 heavy (non-hydrogen) atoms. The predicted octanol–water partition coefficient (Wildman–Crippen LogP) is 0.568. The Labute approximate surface area is 206 Å². The fraction of sp³-hybridized carbons (Fsp3) is 0.480. The molecule has 0 radical (unpaired) electrons. The first-order valence-electron chi connectivity index (χ1n) is 11.6. The summed E-state index contributed by atoms with van der Waals surface area (Å²) in [7, 11) is 3.14. The van der Waals surface area contributed by atoms with Gasteiger partial charge in [-0.2, -0.15) is 0 Å².